The first-order valence-electron chi connectivity index (χ1n) is 14.4. The molecule has 224 valence electrons. The van der Waals surface area contributed by atoms with Crippen LogP contribution < -0.4 is 14.2 Å². The van der Waals surface area contributed by atoms with Crippen molar-refractivity contribution in [2.75, 3.05) is 48.1 Å². The molecule has 6 atom stereocenters. The molecule has 0 bridgehead atoms. The van der Waals surface area contributed by atoms with Gasteiger partial charge in [-0.1, -0.05) is 0 Å². The van der Waals surface area contributed by atoms with Crippen molar-refractivity contribution in [3.05, 3.63) is 53.7 Å². The first-order chi connectivity index (χ1) is 20.4. The summed E-state index contributed by atoms with van der Waals surface area (Å²) in [6.07, 6.45) is 1.11. The van der Waals surface area contributed by atoms with Crippen LogP contribution in [0.4, 0.5) is 0 Å². The number of benzene rings is 2. The first kappa shape index (κ1) is 28.4. The van der Waals surface area contributed by atoms with Crippen LogP contribution in [0.3, 0.4) is 0 Å². The van der Waals surface area contributed by atoms with Crippen molar-refractivity contribution < 1.29 is 38.0 Å². The summed E-state index contributed by atoms with van der Waals surface area (Å²) < 4.78 is 33.4. The number of nitrogens with one attached hydrogen (secondary N) is 1. The number of nitrogens with zero attached hydrogens (tertiary/aromatic N) is 1. The maximum atomic E-state index is 13.3. The molecule has 1 saturated heterocycles. The molecule has 6 rings (SSSR count). The predicted octanol–water partition coefficient (Wildman–Crippen LogP) is 3.92. The molecule has 1 aliphatic carbocycles. The number of H-pyrrole nitrogens is 1. The minimum Gasteiger partial charge on any atom is -0.497 e. The summed E-state index contributed by atoms with van der Waals surface area (Å²) in [5, 5.41) is 1.22. The number of carbonyl (C=O) groups is 2. The molecule has 1 aromatic heterocycles. The lowest BCUT2D eigenvalue weighted by Gasteiger charge is -2.52. The highest BCUT2D eigenvalue weighted by atomic mass is 16.6. The van der Waals surface area contributed by atoms with Crippen molar-refractivity contribution >= 4 is 22.8 Å². The second kappa shape index (κ2) is 11.9. The lowest BCUT2D eigenvalue weighted by atomic mass is 9.64. The average Bonchev–Trinajstić information content (AvgIpc) is 3.40. The Morgan fingerprint density at radius 1 is 0.952 bits per heavy atom. The highest BCUT2D eigenvalue weighted by Gasteiger charge is 2.54. The fraction of sp³-hybridized carbons (Fsp3) is 0.500. The van der Waals surface area contributed by atoms with Crippen LogP contribution in [-0.2, 0) is 30.2 Å². The van der Waals surface area contributed by atoms with E-state index in [-0.39, 0.29) is 30.5 Å². The normalized spacial score (nSPS) is 26.9. The van der Waals surface area contributed by atoms with Crippen LogP contribution in [0, 0.1) is 17.8 Å². The molecule has 2 aliphatic heterocycles. The van der Waals surface area contributed by atoms with Crippen LogP contribution in [0.1, 0.15) is 30.1 Å². The molecule has 10 heteroatoms. The van der Waals surface area contributed by atoms with Crippen LogP contribution >= 0.6 is 0 Å². The highest BCUT2D eigenvalue weighted by Crippen LogP contribution is 2.50. The number of ether oxygens (including phenoxy) is 6. The third-order valence-electron chi connectivity index (χ3n) is 9.30. The molecule has 0 spiro atoms. The zero-order chi connectivity index (χ0) is 29.4. The number of fused-ring (bicyclic) bond motifs is 6. The van der Waals surface area contributed by atoms with Gasteiger partial charge in [-0.05, 0) is 73.1 Å². The number of rotatable bonds is 8. The number of aromatic amines is 1. The van der Waals surface area contributed by atoms with E-state index in [1.54, 1.807) is 45.6 Å². The molecule has 0 radical (unpaired) electrons. The summed E-state index contributed by atoms with van der Waals surface area (Å²) in [5.74, 6) is 0.800. The quantitative estimate of drug-likeness (QED) is 0.398. The highest BCUT2D eigenvalue weighted by molar-refractivity contribution is 5.86. The van der Waals surface area contributed by atoms with Gasteiger partial charge >= 0.3 is 11.9 Å². The Morgan fingerprint density at radius 2 is 1.69 bits per heavy atom. The Labute approximate surface area is 245 Å². The minimum atomic E-state index is -0.620. The van der Waals surface area contributed by atoms with Crippen LogP contribution in [-0.4, -0.2) is 82.2 Å². The summed E-state index contributed by atoms with van der Waals surface area (Å²) in [7, 11) is 6.23. The van der Waals surface area contributed by atoms with Gasteiger partial charge in [0.25, 0.3) is 0 Å². The van der Waals surface area contributed by atoms with Crippen molar-refractivity contribution in [2.24, 2.45) is 17.8 Å². The summed E-state index contributed by atoms with van der Waals surface area (Å²) in [6, 6.07) is 13.3. The van der Waals surface area contributed by atoms with E-state index in [0.717, 1.165) is 37.2 Å². The third kappa shape index (κ3) is 5.18. The fourth-order valence-electron chi connectivity index (χ4n) is 7.37. The lowest BCUT2D eigenvalue weighted by Crippen LogP contribution is -2.58. The Kier molecular flexibility index (Phi) is 8.00. The zero-order valence-electron chi connectivity index (χ0n) is 24.5. The van der Waals surface area contributed by atoms with Gasteiger partial charge in [0.1, 0.15) is 29.5 Å². The molecule has 3 aliphatic rings. The Hall–Kier alpha value is -3.76. The first-order valence-corrected chi connectivity index (χ1v) is 14.4. The standard InChI is InChI=1S/C32H38N2O8/c1-37-19-5-7-20(8-6-19)41-17-28(35)42-27-13-18-16-34-12-11-23-22-10-9-21(38-2)14-25(22)33-30(23)26(34)15-24(18)29(31(27)39-3)32(36)40-4/h5-10,14,18,24,26-27,29,31,33H,11-13,15-17H2,1-4H3/t18-,24+,26-,27+,29+,31+/m1/s1. The molecule has 1 N–H and O–H groups in total. The number of aromatic nitrogens is 1. The number of piperidine rings is 1. The number of hydrogen-bond acceptors (Lipinski definition) is 9. The molecule has 2 aromatic carbocycles. The van der Waals surface area contributed by atoms with Gasteiger partial charge in [0.2, 0.25) is 0 Å². The van der Waals surface area contributed by atoms with Crippen molar-refractivity contribution in [3.8, 4) is 17.2 Å². The summed E-state index contributed by atoms with van der Waals surface area (Å²) in [4.78, 5) is 32.4. The van der Waals surface area contributed by atoms with Gasteiger partial charge < -0.3 is 33.4 Å². The lowest BCUT2D eigenvalue weighted by molar-refractivity contribution is -0.190. The molecule has 3 aromatic rings. The van der Waals surface area contributed by atoms with E-state index in [0.29, 0.717) is 17.9 Å². The smallest absolute Gasteiger partial charge is 0.344 e. The van der Waals surface area contributed by atoms with E-state index in [1.165, 1.54) is 23.8 Å². The number of methoxy groups -OCH3 is 4. The maximum absolute atomic E-state index is 13.3. The van der Waals surface area contributed by atoms with Gasteiger partial charge in [-0.25, -0.2) is 4.79 Å². The van der Waals surface area contributed by atoms with E-state index in [2.05, 4.69) is 16.0 Å². The van der Waals surface area contributed by atoms with E-state index in [4.69, 9.17) is 28.4 Å². The largest absolute Gasteiger partial charge is 0.497 e. The van der Waals surface area contributed by atoms with Gasteiger partial charge in [-0.3, -0.25) is 9.69 Å². The summed E-state index contributed by atoms with van der Waals surface area (Å²) >= 11 is 0. The van der Waals surface area contributed by atoms with E-state index >= 15 is 0 Å². The molecule has 10 nitrogen and oxygen atoms in total. The second-order valence-electron chi connectivity index (χ2n) is 11.3. The molecule has 2 fully saturated rings. The van der Waals surface area contributed by atoms with Crippen molar-refractivity contribution in [1.82, 2.24) is 9.88 Å². The minimum absolute atomic E-state index is 0.0149. The fourth-order valence-corrected chi connectivity index (χ4v) is 7.37. The van der Waals surface area contributed by atoms with E-state index in [9.17, 15) is 9.59 Å². The van der Waals surface area contributed by atoms with E-state index in [1.807, 2.05) is 12.1 Å². The molecule has 0 amide bonds. The maximum Gasteiger partial charge on any atom is 0.344 e. The van der Waals surface area contributed by atoms with Gasteiger partial charge in [-0.2, -0.15) is 0 Å². The Balaban J connectivity index is 1.21. The van der Waals surface area contributed by atoms with Crippen molar-refractivity contribution in [1.29, 1.82) is 0 Å². The van der Waals surface area contributed by atoms with Gasteiger partial charge in [-0.15, -0.1) is 0 Å². The molecule has 0 unspecified atom stereocenters. The SMILES string of the molecule is COC(=O)[C@H]1[C@H]2C[C@@H]3c4[nH]c5cc(OC)ccc5c4CCN3C[C@H]2C[C@H](OC(=O)COc2ccc(OC)cc2)[C@@H]1OC. The van der Waals surface area contributed by atoms with Crippen LogP contribution in [0.2, 0.25) is 0 Å². The van der Waals surface area contributed by atoms with Gasteiger partial charge in [0, 0.05) is 42.9 Å². The molecular weight excluding hydrogens is 540 g/mol. The zero-order valence-corrected chi connectivity index (χ0v) is 24.5. The molecular formula is C32H38N2O8. The van der Waals surface area contributed by atoms with Crippen LogP contribution in [0.25, 0.3) is 10.9 Å². The summed E-state index contributed by atoms with van der Waals surface area (Å²) in [5.41, 5.74) is 3.62. The third-order valence-corrected chi connectivity index (χ3v) is 9.30. The van der Waals surface area contributed by atoms with Crippen LogP contribution in [0.15, 0.2) is 42.5 Å². The topological polar surface area (TPSA) is 109 Å². The Bertz CT molecular complexity index is 1440. The molecule has 3 heterocycles. The predicted molar refractivity (Wildman–Crippen MR) is 154 cm³/mol. The van der Waals surface area contributed by atoms with Crippen molar-refractivity contribution in [2.45, 2.75) is 37.5 Å². The average molecular weight is 579 g/mol. The Morgan fingerprint density at radius 3 is 2.40 bits per heavy atom. The monoisotopic (exact) mass is 578 g/mol. The number of carbonyl (C=O) groups excluding carboxylic acids is 2. The summed E-state index contributed by atoms with van der Waals surface area (Å²) in [6.45, 7) is 1.48. The number of hydrogen-bond donors (Lipinski definition) is 1. The number of esters is 2. The van der Waals surface area contributed by atoms with Crippen molar-refractivity contribution in [3.63, 3.8) is 0 Å². The van der Waals surface area contributed by atoms with Gasteiger partial charge in [0.15, 0.2) is 6.61 Å². The van der Waals surface area contributed by atoms with Gasteiger partial charge in [0.05, 0.1) is 33.3 Å². The van der Waals surface area contributed by atoms with Crippen LogP contribution in [0.5, 0.6) is 17.2 Å². The molecule has 1 saturated carbocycles. The second-order valence-corrected chi connectivity index (χ2v) is 11.3. The van der Waals surface area contributed by atoms with E-state index < -0.39 is 24.1 Å². The molecule has 42 heavy (non-hydrogen) atoms.